The number of carbonyl (C=O) groups excluding carboxylic acids is 1. The van der Waals surface area contributed by atoms with Gasteiger partial charge in [0.05, 0.1) is 12.2 Å². The molecule has 0 bridgehead atoms. The second-order valence-corrected chi connectivity index (χ2v) is 8.02. The standard InChI is InChI=1S/C18H17F3N2O4S/c1-10-2-5-15(28(25,26)23-12-6-7-27-9-12)17(21)16(10)18(24)22-11-3-4-13(19)14(20)8-11/h2-5,8,12,23H,6-7,9H2,1H3,(H,22,24)/t12-/m0/s1. The van der Waals surface area contributed by atoms with Gasteiger partial charge in [-0.25, -0.2) is 26.3 Å². The molecule has 1 fully saturated rings. The fraction of sp³-hybridized carbons (Fsp3) is 0.278. The Morgan fingerprint density at radius 3 is 2.54 bits per heavy atom. The smallest absolute Gasteiger partial charge is 0.258 e. The van der Waals surface area contributed by atoms with Crippen LogP contribution in [-0.2, 0) is 14.8 Å². The number of anilines is 1. The van der Waals surface area contributed by atoms with Gasteiger partial charge in [-0.3, -0.25) is 4.79 Å². The van der Waals surface area contributed by atoms with Gasteiger partial charge in [-0.1, -0.05) is 6.07 Å². The molecule has 0 saturated carbocycles. The summed E-state index contributed by atoms with van der Waals surface area (Å²) in [7, 11) is -4.23. The Kier molecular flexibility index (Phi) is 5.73. The van der Waals surface area contributed by atoms with Gasteiger partial charge in [-0.05, 0) is 37.1 Å². The second kappa shape index (κ2) is 7.90. The first-order valence-corrected chi connectivity index (χ1v) is 9.83. The van der Waals surface area contributed by atoms with E-state index in [0.717, 1.165) is 24.3 Å². The summed E-state index contributed by atoms with van der Waals surface area (Å²) in [6, 6.07) is 4.53. The van der Waals surface area contributed by atoms with Crippen molar-refractivity contribution in [3.8, 4) is 0 Å². The van der Waals surface area contributed by atoms with Gasteiger partial charge in [-0.15, -0.1) is 0 Å². The average molecular weight is 414 g/mol. The van der Waals surface area contributed by atoms with Crippen LogP contribution in [0.1, 0.15) is 22.3 Å². The Morgan fingerprint density at radius 2 is 1.89 bits per heavy atom. The molecule has 28 heavy (non-hydrogen) atoms. The van der Waals surface area contributed by atoms with Gasteiger partial charge < -0.3 is 10.1 Å². The van der Waals surface area contributed by atoms with Gasteiger partial charge in [0.15, 0.2) is 17.5 Å². The first-order valence-electron chi connectivity index (χ1n) is 8.34. The maximum Gasteiger partial charge on any atom is 0.258 e. The van der Waals surface area contributed by atoms with Crippen molar-refractivity contribution in [2.24, 2.45) is 0 Å². The van der Waals surface area contributed by atoms with Gasteiger partial charge in [-0.2, -0.15) is 0 Å². The number of aryl methyl sites for hydroxylation is 1. The van der Waals surface area contributed by atoms with Crippen LogP contribution < -0.4 is 10.0 Å². The molecule has 2 aromatic rings. The molecule has 1 heterocycles. The third kappa shape index (κ3) is 4.18. The molecule has 2 aromatic carbocycles. The molecule has 1 amide bonds. The lowest BCUT2D eigenvalue weighted by atomic mass is 10.1. The molecule has 1 aliphatic rings. The van der Waals surface area contributed by atoms with Crippen molar-refractivity contribution in [3.63, 3.8) is 0 Å². The van der Waals surface area contributed by atoms with E-state index in [-0.39, 0.29) is 17.9 Å². The Morgan fingerprint density at radius 1 is 1.14 bits per heavy atom. The average Bonchev–Trinajstić information content (AvgIpc) is 3.10. The van der Waals surface area contributed by atoms with E-state index < -0.39 is 49.9 Å². The molecule has 1 saturated heterocycles. The minimum Gasteiger partial charge on any atom is -0.380 e. The zero-order chi connectivity index (χ0) is 20.5. The fourth-order valence-electron chi connectivity index (χ4n) is 2.82. The number of amides is 1. The molecule has 1 atom stereocenters. The van der Waals surface area contributed by atoms with Gasteiger partial charge >= 0.3 is 0 Å². The summed E-state index contributed by atoms with van der Waals surface area (Å²) in [5, 5.41) is 2.24. The summed E-state index contributed by atoms with van der Waals surface area (Å²) in [5.41, 5.74) is -0.423. The second-order valence-electron chi connectivity index (χ2n) is 6.33. The van der Waals surface area contributed by atoms with E-state index in [1.54, 1.807) is 0 Å². The van der Waals surface area contributed by atoms with Crippen LogP contribution in [0.4, 0.5) is 18.9 Å². The van der Waals surface area contributed by atoms with Crippen LogP contribution >= 0.6 is 0 Å². The van der Waals surface area contributed by atoms with Gasteiger partial charge in [0.1, 0.15) is 4.90 Å². The zero-order valence-corrected chi connectivity index (χ0v) is 15.6. The molecule has 6 nitrogen and oxygen atoms in total. The van der Waals surface area contributed by atoms with Crippen molar-refractivity contribution in [1.82, 2.24) is 4.72 Å². The number of halogens is 3. The predicted octanol–water partition coefficient (Wildman–Crippen LogP) is 2.73. The molecule has 0 unspecified atom stereocenters. The Labute approximate surface area is 159 Å². The summed E-state index contributed by atoms with van der Waals surface area (Å²) in [6.45, 7) is 2.00. The van der Waals surface area contributed by atoms with Crippen LogP contribution in [-0.4, -0.2) is 33.6 Å². The predicted molar refractivity (Wildman–Crippen MR) is 95.0 cm³/mol. The highest BCUT2D eigenvalue weighted by molar-refractivity contribution is 7.89. The van der Waals surface area contributed by atoms with Crippen LogP contribution in [0.3, 0.4) is 0 Å². The van der Waals surface area contributed by atoms with Crippen LogP contribution in [0, 0.1) is 24.4 Å². The van der Waals surface area contributed by atoms with Crippen LogP contribution in [0.2, 0.25) is 0 Å². The van der Waals surface area contributed by atoms with E-state index in [9.17, 15) is 26.4 Å². The van der Waals surface area contributed by atoms with E-state index in [4.69, 9.17) is 4.74 Å². The molecule has 0 spiro atoms. The molecule has 10 heteroatoms. The number of ether oxygens (including phenoxy) is 1. The van der Waals surface area contributed by atoms with Crippen LogP contribution in [0.25, 0.3) is 0 Å². The fourth-order valence-corrected chi connectivity index (χ4v) is 4.15. The van der Waals surface area contributed by atoms with Crippen molar-refractivity contribution >= 4 is 21.6 Å². The van der Waals surface area contributed by atoms with Crippen molar-refractivity contribution < 1.29 is 31.1 Å². The Bertz CT molecular complexity index is 1020. The highest BCUT2D eigenvalue weighted by atomic mass is 32.2. The summed E-state index contributed by atoms with van der Waals surface area (Å²) < 4.78 is 73.7. The highest BCUT2D eigenvalue weighted by Gasteiger charge is 2.29. The van der Waals surface area contributed by atoms with Gasteiger partial charge in [0.2, 0.25) is 10.0 Å². The van der Waals surface area contributed by atoms with E-state index >= 15 is 0 Å². The van der Waals surface area contributed by atoms with Crippen molar-refractivity contribution in [3.05, 3.63) is 58.9 Å². The number of hydrogen-bond acceptors (Lipinski definition) is 4. The molecular weight excluding hydrogens is 397 g/mol. The largest absolute Gasteiger partial charge is 0.380 e. The maximum atomic E-state index is 15.0. The molecular formula is C18H17F3N2O4S. The highest BCUT2D eigenvalue weighted by Crippen LogP contribution is 2.24. The first-order chi connectivity index (χ1) is 13.2. The molecule has 150 valence electrons. The minimum atomic E-state index is -4.23. The van der Waals surface area contributed by atoms with Gasteiger partial charge in [0, 0.05) is 24.4 Å². The monoisotopic (exact) mass is 414 g/mol. The number of carbonyl (C=O) groups is 1. The minimum absolute atomic E-state index is 0.0998. The van der Waals surface area contributed by atoms with E-state index in [1.807, 2.05) is 0 Å². The van der Waals surface area contributed by atoms with E-state index in [2.05, 4.69) is 10.0 Å². The molecule has 0 radical (unpaired) electrons. The maximum absolute atomic E-state index is 15.0. The van der Waals surface area contributed by atoms with Crippen LogP contribution in [0.15, 0.2) is 35.2 Å². The Balaban J connectivity index is 1.91. The molecule has 0 aromatic heterocycles. The first kappa shape index (κ1) is 20.3. The summed E-state index contributed by atoms with van der Waals surface area (Å²) in [5.74, 6) is -4.50. The zero-order valence-electron chi connectivity index (χ0n) is 14.8. The van der Waals surface area contributed by atoms with Crippen molar-refractivity contribution in [1.29, 1.82) is 0 Å². The number of sulfonamides is 1. The summed E-state index contributed by atoms with van der Waals surface area (Å²) in [6.07, 6.45) is 0.455. The third-order valence-electron chi connectivity index (χ3n) is 4.26. The quantitative estimate of drug-likeness (QED) is 0.788. The molecule has 2 N–H and O–H groups in total. The van der Waals surface area contributed by atoms with Crippen LogP contribution in [0.5, 0.6) is 0 Å². The SMILES string of the molecule is Cc1ccc(S(=O)(=O)N[C@H]2CCOC2)c(F)c1C(=O)Nc1ccc(F)c(F)c1. The lowest BCUT2D eigenvalue weighted by Crippen LogP contribution is -2.35. The van der Waals surface area contributed by atoms with Gasteiger partial charge in [0.25, 0.3) is 5.91 Å². The summed E-state index contributed by atoms with van der Waals surface area (Å²) in [4.78, 5) is 11.8. The number of hydrogen-bond donors (Lipinski definition) is 2. The molecule has 0 aliphatic carbocycles. The number of nitrogens with one attached hydrogen (secondary N) is 2. The van der Waals surface area contributed by atoms with Crippen molar-refractivity contribution in [2.75, 3.05) is 18.5 Å². The number of rotatable bonds is 5. The lowest BCUT2D eigenvalue weighted by Gasteiger charge is -2.15. The molecule has 3 rings (SSSR count). The Hall–Kier alpha value is -2.43. The lowest BCUT2D eigenvalue weighted by molar-refractivity contribution is 0.102. The summed E-state index contributed by atoms with van der Waals surface area (Å²) >= 11 is 0. The number of benzene rings is 2. The normalized spacial score (nSPS) is 16.9. The van der Waals surface area contributed by atoms with E-state index in [1.165, 1.54) is 13.0 Å². The third-order valence-corrected chi connectivity index (χ3v) is 5.80. The topological polar surface area (TPSA) is 84.5 Å². The van der Waals surface area contributed by atoms with Crippen molar-refractivity contribution in [2.45, 2.75) is 24.3 Å². The van der Waals surface area contributed by atoms with E-state index in [0.29, 0.717) is 13.0 Å². The molecule has 1 aliphatic heterocycles.